The van der Waals surface area contributed by atoms with Crippen LogP contribution in [0.25, 0.3) is 0 Å². The molecule has 1 amide bonds. The summed E-state index contributed by atoms with van der Waals surface area (Å²) >= 11 is 0. The Morgan fingerprint density at radius 3 is 2.61 bits per heavy atom. The van der Waals surface area contributed by atoms with Crippen molar-refractivity contribution in [2.75, 3.05) is 36.5 Å². The maximum Gasteiger partial charge on any atom is 0.264 e. The number of sulfonamides is 1. The summed E-state index contributed by atoms with van der Waals surface area (Å²) in [6.07, 6.45) is 2.10. The molecule has 0 bridgehead atoms. The molecule has 5 rings (SSSR count). The summed E-state index contributed by atoms with van der Waals surface area (Å²) in [5, 5.41) is 3.22. The Morgan fingerprint density at radius 2 is 1.88 bits per heavy atom. The van der Waals surface area contributed by atoms with Crippen molar-refractivity contribution in [1.82, 2.24) is 4.72 Å². The number of morpholine rings is 1. The summed E-state index contributed by atoms with van der Waals surface area (Å²) in [7, 11) is -3.57. The van der Waals surface area contributed by atoms with E-state index in [9.17, 15) is 13.2 Å². The number of benzene rings is 2. The highest BCUT2D eigenvalue weighted by molar-refractivity contribution is 7.91. The number of rotatable bonds is 5. The topological polar surface area (TPSA) is 87.7 Å². The number of amides is 1. The first kappa shape index (κ1) is 22.2. The monoisotopic (exact) mass is 469 g/mol. The van der Waals surface area contributed by atoms with Crippen LogP contribution in [0.15, 0.2) is 42.5 Å². The van der Waals surface area contributed by atoms with Crippen molar-refractivity contribution in [3.05, 3.63) is 59.2 Å². The number of carbonyl (C=O) groups excluding carboxylic acids is 1. The highest BCUT2D eigenvalue weighted by Crippen LogP contribution is 2.44. The van der Waals surface area contributed by atoms with Gasteiger partial charge in [0.15, 0.2) is 0 Å². The van der Waals surface area contributed by atoms with E-state index in [1.54, 1.807) is 6.07 Å². The first-order chi connectivity index (χ1) is 15.7. The van der Waals surface area contributed by atoms with Crippen molar-refractivity contribution in [1.29, 1.82) is 0 Å². The third-order valence-corrected chi connectivity index (χ3v) is 8.72. The van der Waals surface area contributed by atoms with Crippen molar-refractivity contribution < 1.29 is 17.9 Å². The third-order valence-electron chi connectivity index (χ3n) is 6.90. The second-order valence-electron chi connectivity index (χ2n) is 9.92. The summed E-state index contributed by atoms with van der Waals surface area (Å²) in [5.41, 5.74) is 4.64. The predicted octanol–water partition coefficient (Wildman–Crippen LogP) is 3.58. The van der Waals surface area contributed by atoms with E-state index in [0.29, 0.717) is 18.4 Å². The van der Waals surface area contributed by atoms with Crippen LogP contribution in [0.5, 0.6) is 0 Å². The lowest BCUT2D eigenvalue weighted by Crippen LogP contribution is -2.36. The number of fused-ring (bicyclic) bond motifs is 1. The van der Waals surface area contributed by atoms with Crippen molar-refractivity contribution in [3.8, 4) is 0 Å². The van der Waals surface area contributed by atoms with Gasteiger partial charge in [0.1, 0.15) is 0 Å². The second-order valence-corrected chi connectivity index (χ2v) is 11.9. The Labute approximate surface area is 195 Å². The highest BCUT2D eigenvalue weighted by Gasteiger charge is 2.38. The quantitative estimate of drug-likeness (QED) is 0.696. The standard InChI is InChI=1S/C25H31N3O4S/c1-25(2)16-23(17-4-3-5-19(14-17)28-10-12-32-13-11-28)26-22-9-6-18(15-21(22)25)24(29)27-33(30,31)20-7-8-20/h3-6,9,14-15,20,23,26H,7-8,10-13,16H2,1-2H3,(H,27,29)/t23-/m0/s1. The van der Waals surface area contributed by atoms with Gasteiger partial charge in [-0.05, 0) is 66.1 Å². The van der Waals surface area contributed by atoms with Gasteiger partial charge < -0.3 is 15.0 Å². The largest absolute Gasteiger partial charge is 0.378 e. The molecule has 1 saturated heterocycles. The highest BCUT2D eigenvalue weighted by atomic mass is 32.2. The molecule has 2 aromatic rings. The summed E-state index contributed by atoms with van der Waals surface area (Å²) in [6, 6.07) is 14.3. The van der Waals surface area contributed by atoms with Crippen LogP contribution >= 0.6 is 0 Å². The van der Waals surface area contributed by atoms with Gasteiger partial charge in [0.25, 0.3) is 5.91 Å². The first-order valence-electron chi connectivity index (χ1n) is 11.6. The maximum absolute atomic E-state index is 12.6. The number of hydrogen-bond acceptors (Lipinski definition) is 6. The van der Waals surface area contributed by atoms with Crippen LogP contribution in [0.2, 0.25) is 0 Å². The van der Waals surface area contributed by atoms with Crippen molar-refractivity contribution in [2.24, 2.45) is 0 Å². The van der Waals surface area contributed by atoms with E-state index in [-0.39, 0.29) is 11.5 Å². The molecule has 2 aliphatic heterocycles. The smallest absolute Gasteiger partial charge is 0.264 e. The van der Waals surface area contributed by atoms with Crippen molar-refractivity contribution >= 4 is 27.3 Å². The SMILES string of the molecule is CC1(C)C[C@@H](c2cccc(N3CCOCC3)c2)Nc2ccc(C(=O)NS(=O)(=O)C3CC3)cc21. The van der Waals surface area contributed by atoms with Crippen LogP contribution in [0.4, 0.5) is 11.4 Å². The zero-order chi connectivity index (χ0) is 23.2. The Morgan fingerprint density at radius 1 is 1.12 bits per heavy atom. The number of nitrogens with one attached hydrogen (secondary N) is 2. The lowest BCUT2D eigenvalue weighted by atomic mass is 9.73. The summed E-state index contributed by atoms with van der Waals surface area (Å²) in [6.45, 7) is 7.66. The predicted molar refractivity (Wildman–Crippen MR) is 129 cm³/mol. The van der Waals surface area contributed by atoms with Crippen molar-refractivity contribution in [3.63, 3.8) is 0 Å². The number of ether oxygens (including phenoxy) is 1. The molecule has 8 heteroatoms. The van der Waals surface area contributed by atoms with E-state index in [2.05, 4.69) is 53.1 Å². The summed E-state index contributed by atoms with van der Waals surface area (Å²) in [5.74, 6) is -0.555. The van der Waals surface area contributed by atoms with E-state index in [4.69, 9.17) is 4.74 Å². The molecule has 7 nitrogen and oxygen atoms in total. The number of hydrogen-bond donors (Lipinski definition) is 2. The molecule has 176 valence electrons. The molecule has 2 N–H and O–H groups in total. The summed E-state index contributed by atoms with van der Waals surface area (Å²) in [4.78, 5) is 15.0. The number of carbonyl (C=O) groups is 1. The molecule has 0 spiro atoms. The maximum atomic E-state index is 12.6. The molecule has 2 heterocycles. The van der Waals surface area contributed by atoms with E-state index < -0.39 is 21.2 Å². The molecule has 1 saturated carbocycles. The van der Waals surface area contributed by atoms with Crippen LogP contribution in [0.1, 0.15) is 60.6 Å². The Hall–Kier alpha value is -2.58. The van der Waals surface area contributed by atoms with Crippen LogP contribution in [-0.4, -0.2) is 45.9 Å². The fourth-order valence-electron chi connectivity index (χ4n) is 4.84. The van der Waals surface area contributed by atoms with Crippen molar-refractivity contribution in [2.45, 2.75) is 49.8 Å². The third kappa shape index (κ3) is 4.59. The van der Waals surface area contributed by atoms with E-state index in [0.717, 1.165) is 44.0 Å². The molecule has 0 radical (unpaired) electrons. The lowest BCUT2D eigenvalue weighted by Gasteiger charge is -2.39. The van der Waals surface area contributed by atoms with Gasteiger partial charge in [0.2, 0.25) is 10.0 Å². The van der Waals surface area contributed by atoms with Crippen LogP contribution in [-0.2, 0) is 20.2 Å². The minimum absolute atomic E-state index is 0.142. The average Bonchev–Trinajstić information content (AvgIpc) is 3.65. The molecule has 3 aliphatic rings. The van der Waals surface area contributed by atoms with Gasteiger partial charge in [0.05, 0.1) is 24.5 Å². The zero-order valence-corrected chi connectivity index (χ0v) is 20.0. The fourth-order valence-corrected chi connectivity index (χ4v) is 6.14. The molecule has 2 aromatic carbocycles. The van der Waals surface area contributed by atoms with Gasteiger partial charge in [-0.1, -0.05) is 26.0 Å². The molecule has 1 atom stereocenters. The van der Waals surface area contributed by atoms with Gasteiger partial charge in [-0.3, -0.25) is 4.79 Å². The van der Waals surface area contributed by atoms with E-state index in [1.165, 1.54) is 11.3 Å². The molecular formula is C25H31N3O4S. The number of nitrogens with zero attached hydrogens (tertiary/aromatic N) is 1. The lowest BCUT2D eigenvalue weighted by molar-refractivity contribution is 0.0981. The molecule has 0 unspecified atom stereocenters. The second kappa shape index (κ2) is 8.33. The van der Waals surface area contributed by atoms with E-state index >= 15 is 0 Å². The average molecular weight is 470 g/mol. The van der Waals surface area contributed by atoms with E-state index in [1.807, 2.05) is 12.1 Å². The minimum Gasteiger partial charge on any atom is -0.378 e. The Balaban J connectivity index is 1.38. The summed E-state index contributed by atoms with van der Waals surface area (Å²) < 4.78 is 32.1. The Kier molecular flexibility index (Phi) is 5.61. The Bertz CT molecular complexity index is 1170. The molecule has 2 fully saturated rings. The van der Waals surface area contributed by atoms with Gasteiger partial charge in [0, 0.05) is 30.0 Å². The minimum atomic E-state index is -3.57. The number of anilines is 2. The molecule has 33 heavy (non-hydrogen) atoms. The van der Waals surface area contributed by atoms with Crippen LogP contribution < -0.4 is 14.9 Å². The van der Waals surface area contributed by atoms with Gasteiger partial charge in [-0.25, -0.2) is 13.1 Å². The molecule has 1 aliphatic carbocycles. The normalized spacial score (nSPS) is 22.2. The van der Waals surface area contributed by atoms with Gasteiger partial charge in [-0.15, -0.1) is 0 Å². The zero-order valence-electron chi connectivity index (χ0n) is 19.1. The van der Waals surface area contributed by atoms with Crippen LogP contribution in [0, 0.1) is 0 Å². The fraction of sp³-hybridized carbons (Fsp3) is 0.480. The molecule has 0 aromatic heterocycles. The van der Waals surface area contributed by atoms with Crippen LogP contribution in [0.3, 0.4) is 0 Å². The van der Waals surface area contributed by atoms with Gasteiger partial charge >= 0.3 is 0 Å². The van der Waals surface area contributed by atoms with Gasteiger partial charge in [-0.2, -0.15) is 0 Å². The molecular weight excluding hydrogens is 438 g/mol. The first-order valence-corrected chi connectivity index (χ1v) is 13.2.